The molecule has 0 aliphatic carbocycles. The molecule has 0 saturated carbocycles. The number of carbonyl (C=O) groups is 5. The van der Waals surface area contributed by atoms with E-state index in [0.29, 0.717) is 0 Å². The number of urea groups is 5. The molecule has 0 aromatic carbocycles. The lowest BCUT2D eigenvalue weighted by Crippen LogP contribution is -2.86. The highest BCUT2D eigenvalue weighted by atomic mass is 16.2. The molecule has 0 aromatic heterocycles. The smallest absolute Gasteiger partial charge is 0.321 e. The van der Waals surface area contributed by atoms with Crippen LogP contribution in [0.4, 0.5) is 24.0 Å². The van der Waals surface area contributed by atoms with Crippen molar-refractivity contribution in [1.29, 1.82) is 0 Å². The minimum absolute atomic E-state index is 0.594. The standard InChI is InChI=1S/C8H16N10O5/c9-2(19)13-7(14-3(10)20)1-8(15-4(11)21,16-5(12)22)18-6(23)17-7/h1H2,(H3,9,13,19)(H3,10,14,20)(H3,11,15,21)(H3,12,16,22)(H2,17,18,23). The number of amides is 10. The highest BCUT2D eigenvalue weighted by Gasteiger charge is 2.51. The molecule has 1 heterocycles. The highest BCUT2D eigenvalue weighted by molar-refractivity contribution is 5.84. The van der Waals surface area contributed by atoms with Crippen LogP contribution in [0.2, 0.25) is 0 Å². The fourth-order valence-corrected chi connectivity index (χ4v) is 2.11. The van der Waals surface area contributed by atoms with Gasteiger partial charge in [-0.1, -0.05) is 0 Å². The van der Waals surface area contributed by atoms with Gasteiger partial charge in [0.2, 0.25) is 11.6 Å². The molecule has 0 atom stereocenters. The van der Waals surface area contributed by atoms with Crippen molar-refractivity contribution in [3.8, 4) is 0 Å². The largest absolute Gasteiger partial charge is 0.352 e. The number of hydrogen-bond donors (Lipinski definition) is 10. The van der Waals surface area contributed by atoms with Gasteiger partial charge in [0.15, 0.2) is 0 Å². The van der Waals surface area contributed by atoms with Gasteiger partial charge < -0.3 is 22.9 Å². The van der Waals surface area contributed by atoms with Crippen LogP contribution in [0.5, 0.6) is 0 Å². The molecule has 0 unspecified atom stereocenters. The van der Waals surface area contributed by atoms with Crippen molar-refractivity contribution in [1.82, 2.24) is 31.9 Å². The molecule has 1 saturated heterocycles. The van der Waals surface area contributed by atoms with Crippen LogP contribution in [-0.2, 0) is 0 Å². The Bertz CT molecular complexity index is 472. The third kappa shape index (κ3) is 4.69. The lowest BCUT2D eigenvalue weighted by molar-refractivity contribution is 0.0855. The number of nitrogens with two attached hydrogens (primary N) is 4. The van der Waals surface area contributed by atoms with Gasteiger partial charge in [0.1, 0.15) is 0 Å². The molecule has 1 rings (SSSR count). The van der Waals surface area contributed by atoms with E-state index in [2.05, 4.69) is 10.6 Å². The van der Waals surface area contributed by atoms with Crippen molar-refractivity contribution in [2.45, 2.75) is 18.0 Å². The summed E-state index contributed by atoms with van der Waals surface area (Å²) in [5.74, 6) is -4.10. The maximum atomic E-state index is 11.8. The van der Waals surface area contributed by atoms with Crippen LogP contribution in [0, 0.1) is 0 Å². The van der Waals surface area contributed by atoms with Crippen LogP contribution in [0.25, 0.3) is 0 Å². The van der Waals surface area contributed by atoms with E-state index in [1.54, 1.807) is 0 Å². The van der Waals surface area contributed by atoms with Gasteiger partial charge in [0, 0.05) is 0 Å². The molecular weight excluding hydrogens is 316 g/mol. The van der Waals surface area contributed by atoms with Crippen LogP contribution < -0.4 is 54.8 Å². The second-order valence-corrected chi connectivity index (χ2v) is 4.52. The number of carbonyl (C=O) groups excluding carboxylic acids is 5. The van der Waals surface area contributed by atoms with Crippen molar-refractivity contribution >= 4 is 30.2 Å². The van der Waals surface area contributed by atoms with Crippen molar-refractivity contribution in [2.24, 2.45) is 22.9 Å². The van der Waals surface area contributed by atoms with Crippen molar-refractivity contribution in [2.75, 3.05) is 0 Å². The third-order valence-corrected chi connectivity index (χ3v) is 2.53. The quantitative estimate of drug-likeness (QED) is 0.228. The Kier molecular flexibility index (Phi) is 4.54. The zero-order valence-electron chi connectivity index (χ0n) is 11.6. The van der Waals surface area contributed by atoms with Gasteiger partial charge in [0.25, 0.3) is 0 Å². The molecule has 23 heavy (non-hydrogen) atoms. The highest BCUT2D eigenvalue weighted by Crippen LogP contribution is 2.17. The molecule has 1 aliphatic rings. The summed E-state index contributed by atoms with van der Waals surface area (Å²) >= 11 is 0. The Labute approximate surface area is 128 Å². The Morgan fingerprint density at radius 1 is 0.739 bits per heavy atom. The van der Waals surface area contributed by atoms with Gasteiger partial charge in [-0.2, -0.15) is 0 Å². The first-order valence-corrected chi connectivity index (χ1v) is 5.88. The van der Waals surface area contributed by atoms with Gasteiger partial charge >= 0.3 is 30.2 Å². The van der Waals surface area contributed by atoms with Crippen molar-refractivity contribution < 1.29 is 24.0 Å². The average Bonchev–Trinajstić information content (AvgIpc) is 2.20. The van der Waals surface area contributed by atoms with Gasteiger partial charge in [-0.05, 0) is 0 Å². The molecule has 14 N–H and O–H groups in total. The van der Waals surface area contributed by atoms with Gasteiger partial charge in [-0.15, -0.1) is 0 Å². The second kappa shape index (κ2) is 6.00. The normalized spacial score (nSPS) is 17.7. The summed E-state index contributed by atoms with van der Waals surface area (Å²) in [6.07, 6.45) is -0.594. The van der Waals surface area contributed by atoms with E-state index in [-0.39, 0.29) is 0 Å². The molecule has 1 aliphatic heterocycles. The van der Waals surface area contributed by atoms with E-state index in [1.807, 2.05) is 21.3 Å². The second-order valence-electron chi connectivity index (χ2n) is 4.52. The van der Waals surface area contributed by atoms with Crippen LogP contribution in [0.1, 0.15) is 6.42 Å². The molecular formula is C8H16N10O5. The Balaban J connectivity index is 3.28. The van der Waals surface area contributed by atoms with Crippen LogP contribution in [0.3, 0.4) is 0 Å². The van der Waals surface area contributed by atoms with E-state index in [9.17, 15) is 24.0 Å². The van der Waals surface area contributed by atoms with Gasteiger partial charge in [0.05, 0.1) is 6.42 Å². The Morgan fingerprint density at radius 2 is 1.00 bits per heavy atom. The van der Waals surface area contributed by atoms with E-state index >= 15 is 0 Å². The molecule has 10 amide bonds. The summed E-state index contributed by atoms with van der Waals surface area (Å²) in [6.45, 7) is 0. The Morgan fingerprint density at radius 3 is 1.22 bits per heavy atom. The van der Waals surface area contributed by atoms with E-state index in [4.69, 9.17) is 22.9 Å². The summed E-state index contributed by atoms with van der Waals surface area (Å²) < 4.78 is 0. The van der Waals surface area contributed by atoms with Gasteiger partial charge in [-0.3, -0.25) is 31.9 Å². The predicted octanol–water partition coefficient (Wildman–Crippen LogP) is -4.33. The third-order valence-electron chi connectivity index (χ3n) is 2.53. The molecule has 0 aromatic rings. The number of rotatable bonds is 4. The molecule has 128 valence electrons. The SMILES string of the molecule is NC(=O)NC1(NC(N)=O)CC(NC(N)=O)(NC(N)=O)NC(=O)N1. The van der Waals surface area contributed by atoms with Crippen LogP contribution in [-0.4, -0.2) is 41.7 Å². The molecule has 0 radical (unpaired) electrons. The minimum atomic E-state index is -2.05. The topological polar surface area (TPSA) is 262 Å². The number of nitrogens with one attached hydrogen (secondary N) is 6. The van der Waals surface area contributed by atoms with Gasteiger partial charge in [-0.25, -0.2) is 24.0 Å². The fourth-order valence-electron chi connectivity index (χ4n) is 2.11. The summed E-state index contributed by atoms with van der Waals surface area (Å²) in [5, 5.41) is 12.4. The minimum Gasteiger partial charge on any atom is -0.352 e. The zero-order chi connectivity index (χ0) is 17.8. The lowest BCUT2D eigenvalue weighted by Gasteiger charge is -2.47. The molecule has 1 fully saturated rings. The maximum absolute atomic E-state index is 11.8. The van der Waals surface area contributed by atoms with Crippen LogP contribution >= 0.6 is 0 Å². The average molecular weight is 332 g/mol. The summed E-state index contributed by atoms with van der Waals surface area (Å²) in [7, 11) is 0. The summed E-state index contributed by atoms with van der Waals surface area (Å²) in [4.78, 5) is 56.4. The lowest BCUT2D eigenvalue weighted by atomic mass is 10.0. The molecule has 0 spiro atoms. The molecule has 0 bridgehead atoms. The number of primary amides is 4. The monoisotopic (exact) mass is 332 g/mol. The summed E-state index contributed by atoms with van der Waals surface area (Å²) in [5.41, 5.74) is 19.9. The number of hydrogen-bond acceptors (Lipinski definition) is 5. The van der Waals surface area contributed by atoms with E-state index in [1.165, 1.54) is 0 Å². The zero-order valence-corrected chi connectivity index (χ0v) is 11.6. The van der Waals surface area contributed by atoms with E-state index < -0.39 is 48.1 Å². The Hall–Kier alpha value is -3.65. The van der Waals surface area contributed by atoms with Crippen LogP contribution in [0.15, 0.2) is 0 Å². The van der Waals surface area contributed by atoms with E-state index in [0.717, 1.165) is 0 Å². The predicted molar refractivity (Wildman–Crippen MR) is 72.6 cm³/mol. The molecule has 15 heteroatoms. The summed E-state index contributed by atoms with van der Waals surface area (Å²) in [6, 6.07) is -5.68. The first-order valence-electron chi connectivity index (χ1n) is 5.88. The van der Waals surface area contributed by atoms with Crippen molar-refractivity contribution in [3.63, 3.8) is 0 Å². The molecule has 15 nitrogen and oxygen atoms in total. The fraction of sp³-hybridized carbons (Fsp3) is 0.375. The maximum Gasteiger partial charge on any atom is 0.321 e. The van der Waals surface area contributed by atoms with Crippen molar-refractivity contribution in [3.05, 3.63) is 0 Å². The first-order chi connectivity index (χ1) is 10.5. The first kappa shape index (κ1) is 17.4.